The number of rotatable bonds is 2. The van der Waals surface area contributed by atoms with Gasteiger partial charge in [-0.15, -0.1) is 0 Å². The van der Waals surface area contributed by atoms with Gasteiger partial charge in [-0.25, -0.2) is 9.37 Å². The fourth-order valence-electron chi connectivity index (χ4n) is 1.41. The van der Waals surface area contributed by atoms with E-state index in [2.05, 4.69) is 20.9 Å². The molecule has 1 aromatic carbocycles. The molecule has 0 aliphatic rings. The molecule has 2 aromatic rings. The van der Waals surface area contributed by atoms with Gasteiger partial charge in [-0.2, -0.15) is 0 Å². The van der Waals surface area contributed by atoms with Crippen LogP contribution in [0.3, 0.4) is 0 Å². The van der Waals surface area contributed by atoms with Gasteiger partial charge in [0, 0.05) is 21.9 Å². The molecule has 1 aromatic heterocycles. The minimum absolute atomic E-state index is 0.225. The predicted molar refractivity (Wildman–Crippen MR) is 66.2 cm³/mol. The second kappa shape index (κ2) is 4.63. The van der Waals surface area contributed by atoms with Gasteiger partial charge < -0.3 is 5.73 Å². The van der Waals surface area contributed by atoms with Crippen LogP contribution < -0.4 is 5.73 Å². The summed E-state index contributed by atoms with van der Waals surface area (Å²) in [7, 11) is 0. The molecule has 3 nitrogen and oxygen atoms in total. The van der Waals surface area contributed by atoms with E-state index in [1.54, 1.807) is 18.2 Å². The van der Waals surface area contributed by atoms with Crippen molar-refractivity contribution in [3.8, 4) is 0 Å². The lowest BCUT2D eigenvalue weighted by Gasteiger charge is -2.05. The first-order valence-corrected chi connectivity index (χ1v) is 5.59. The van der Waals surface area contributed by atoms with Gasteiger partial charge in [-0.05, 0) is 30.3 Å². The van der Waals surface area contributed by atoms with Gasteiger partial charge >= 0.3 is 0 Å². The van der Waals surface area contributed by atoms with E-state index < -0.39 is 11.6 Å². The fourth-order valence-corrected chi connectivity index (χ4v) is 1.77. The molecule has 0 saturated heterocycles. The number of pyridine rings is 1. The maximum absolute atomic E-state index is 13.4. The number of nitrogens with zero attached hydrogens (tertiary/aromatic N) is 1. The second-order valence-corrected chi connectivity index (χ2v) is 4.31. The Balaban J connectivity index is 2.51. The van der Waals surface area contributed by atoms with E-state index >= 15 is 0 Å². The van der Waals surface area contributed by atoms with Crippen LogP contribution in [0.1, 0.15) is 16.1 Å². The SMILES string of the molecule is Nc1ccc(Br)cc1C(=O)c1ncccc1F. The standard InChI is InChI=1S/C12H8BrFN2O/c13-7-3-4-10(15)8(6-7)12(17)11-9(14)2-1-5-16-11/h1-6H,15H2. The van der Waals surface area contributed by atoms with Crippen molar-refractivity contribution in [1.82, 2.24) is 4.98 Å². The Labute approximate surface area is 106 Å². The molecular weight excluding hydrogens is 287 g/mol. The average Bonchev–Trinajstić information content (AvgIpc) is 2.32. The summed E-state index contributed by atoms with van der Waals surface area (Å²) in [5.41, 5.74) is 5.99. The van der Waals surface area contributed by atoms with Crippen LogP contribution in [-0.4, -0.2) is 10.8 Å². The van der Waals surface area contributed by atoms with Gasteiger partial charge in [-0.1, -0.05) is 15.9 Å². The molecule has 0 fully saturated rings. The quantitative estimate of drug-likeness (QED) is 0.684. The minimum atomic E-state index is -0.656. The third-order valence-electron chi connectivity index (χ3n) is 2.23. The lowest BCUT2D eigenvalue weighted by atomic mass is 10.1. The molecule has 17 heavy (non-hydrogen) atoms. The van der Waals surface area contributed by atoms with Gasteiger partial charge in [0.2, 0.25) is 5.78 Å². The van der Waals surface area contributed by atoms with Crippen LogP contribution in [0.25, 0.3) is 0 Å². The monoisotopic (exact) mass is 294 g/mol. The van der Waals surface area contributed by atoms with Gasteiger partial charge in [0.15, 0.2) is 5.82 Å². The number of hydrogen-bond donors (Lipinski definition) is 1. The van der Waals surface area contributed by atoms with Crippen molar-refractivity contribution in [3.05, 3.63) is 58.1 Å². The number of aromatic nitrogens is 1. The Morgan fingerprint density at radius 2 is 2.12 bits per heavy atom. The van der Waals surface area contributed by atoms with Crippen molar-refractivity contribution >= 4 is 27.4 Å². The van der Waals surface area contributed by atoms with E-state index in [1.165, 1.54) is 18.3 Å². The zero-order chi connectivity index (χ0) is 12.4. The highest BCUT2D eigenvalue weighted by Gasteiger charge is 2.17. The normalized spacial score (nSPS) is 10.2. The van der Waals surface area contributed by atoms with Gasteiger partial charge in [0.1, 0.15) is 5.69 Å². The first-order chi connectivity index (χ1) is 8.09. The summed E-state index contributed by atoms with van der Waals surface area (Å²) in [5.74, 6) is -1.18. The number of halogens is 2. The third-order valence-corrected chi connectivity index (χ3v) is 2.73. The van der Waals surface area contributed by atoms with E-state index in [0.717, 1.165) is 0 Å². The molecule has 0 unspecified atom stereocenters. The largest absolute Gasteiger partial charge is 0.398 e. The van der Waals surface area contributed by atoms with Gasteiger partial charge in [0.05, 0.1) is 0 Å². The molecule has 2 N–H and O–H groups in total. The van der Waals surface area contributed by atoms with E-state index in [4.69, 9.17) is 5.73 Å². The summed E-state index contributed by atoms with van der Waals surface area (Å²) < 4.78 is 14.1. The van der Waals surface area contributed by atoms with Crippen molar-refractivity contribution in [2.75, 3.05) is 5.73 Å². The van der Waals surface area contributed by atoms with Crippen molar-refractivity contribution in [1.29, 1.82) is 0 Å². The highest BCUT2D eigenvalue weighted by atomic mass is 79.9. The average molecular weight is 295 g/mol. The van der Waals surface area contributed by atoms with Crippen molar-refractivity contribution in [3.63, 3.8) is 0 Å². The van der Waals surface area contributed by atoms with Crippen molar-refractivity contribution in [2.24, 2.45) is 0 Å². The summed E-state index contributed by atoms with van der Waals surface area (Å²) in [6, 6.07) is 7.45. The highest BCUT2D eigenvalue weighted by molar-refractivity contribution is 9.10. The zero-order valence-corrected chi connectivity index (χ0v) is 10.2. The Hall–Kier alpha value is -1.75. The molecule has 86 valence electrons. The van der Waals surface area contributed by atoms with E-state index in [0.29, 0.717) is 10.2 Å². The van der Waals surface area contributed by atoms with Crippen molar-refractivity contribution < 1.29 is 9.18 Å². The Morgan fingerprint density at radius 3 is 2.82 bits per heavy atom. The number of carbonyl (C=O) groups excluding carboxylic acids is 1. The first-order valence-electron chi connectivity index (χ1n) is 4.80. The second-order valence-electron chi connectivity index (χ2n) is 3.39. The molecule has 0 saturated carbocycles. The van der Waals surface area contributed by atoms with Crippen molar-refractivity contribution in [2.45, 2.75) is 0 Å². The number of ketones is 1. The Kier molecular flexibility index (Phi) is 3.19. The van der Waals surface area contributed by atoms with Crippen LogP contribution in [0, 0.1) is 5.82 Å². The van der Waals surface area contributed by atoms with Gasteiger partial charge in [0.25, 0.3) is 0 Å². The molecule has 0 atom stereocenters. The van der Waals surface area contributed by atoms with Crippen LogP contribution >= 0.6 is 15.9 Å². The highest BCUT2D eigenvalue weighted by Crippen LogP contribution is 2.21. The van der Waals surface area contributed by atoms with Gasteiger partial charge in [-0.3, -0.25) is 4.79 Å². The summed E-state index contributed by atoms with van der Waals surface area (Å²) in [5, 5.41) is 0. The molecule has 0 bridgehead atoms. The van der Waals surface area contributed by atoms with Crippen LogP contribution in [0.4, 0.5) is 10.1 Å². The molecule has 0 aliphatic heterocycles. The summed E-state index contributed by atoms with van der Waals surface area (Å²) in [6.45, 7) is 0. The lowest BCUT2D eigenvalue weighted by Crippen LogP contribution is -2.09. The number of anilines is 1. The number of hydrogen-bond acceptors (Lipinski definition) is 3. The minimum Gasteiger partial charge on any atom is -0.398 e. The third kappa shape index (κ3) is 2.34. The zero-order valence-electron chi connectivity index (χ0n) is 8.65. The van der Waals surface area contributed by atoms with Crippen LogP contribution in [0.2, 0.25) is 0 Å². The van der Waals surface area contributed by atoms with Crippen LogP contribution in [0.5, 0.6) is 0 Å². The van der Waals surface area contributed by atoms with Crippen LogP contribution in [0.15, 0.2) is 41.0 Å². The first kappa shape index (κ1) is 11.7. The molecule has 0 radical (unpaired) electrons. The summed E-state index contributed by atoms with van der Waals surface area (Å²) in [4.78, 5) is 15.8. The lowest BCUT2D eigenvalue weighted by molar-refractivity contribution is 0.103. The number of benzene rings is 1. The maximum Gasteiger partial charge on any atom is 0.216 e. The van der Waals surface area contributed by atoms with Crippen LogP contribution in [-0.2, 0) is 0 Å². The summed E-state index contributed by atoms with van der Waals surface area (Å²) in [6.07, 6.45) is 1.37. The molecule has 0 aliphatic carbocycles. The Bertz CT molecular complexity index is 586. The predicted octanol–water partition coefficient (Wildman–Crippen LogP) is 2.80. The molecule has 0 spiro atoms. The summed E-state index contributed by atoms with van der Waals surface area (Å²) >= 11 is 3.23. The van der Waals surface area contributed by atoms with E-state index in [-0.39, 0.29) is 11.3 Å². The van der Waals surface area contributed by atoms with E-state index in [1.807, 2.05) is 0 Å². The molecule has 0 amide bonds. The molecule has 5 heteroatoms. The number of nitrogen functional groups attached to an aromatic ring is 1. The number of carbonyl (C=O) groups is 1. The molecular formula is C12H8BrFN2O. The fraction of sp³-hybridized carbons (Fsp3) is 0. The number of nitrogens with two attached hydrogens (primary N) is 1. The topological polar surface area (TPSA) is 56.0 Å². The molecule has 2 rings (SSSR count). The van der Waals surface area contributed by atoms with E-state index in [9.17, 15) is 9.18 Å². The molecule has 1 heterocycles. The maximum atomic E-state index is 13.4. The smallest absolute Gasteiger partial charge is 0.216 e. The Morgan fingerprint density at radius 1 is 1.35 bits per heavy atom.